The predicted molar refractivity (Wildman–Crippen MR) is 121 cm³/mol. The van der Waals surface area contributed by atoms with Crippen LogP contribution in [0.5, 0.6) is 5.75 Å². The Morgan fingerprint density at radius 1 is 1.09 bits per heavy atom. The highest BCUT2D eigenvalue weighted by atomic mass is 19.4. The molecular formula is C26H30F3N3O2. The van der Waals surface area contributed by atoms with E-state index in [-0.39, 0.29) is 23.4 Å². The normalized spacial score (nSPS) is 33.9. The molecule has 7 rings (SSSR count). The number of anilines is 1. The van der Waals surface area contributed by atoms with Crippen LogP contribution in [-0.2, 0) is 0 Å². The average molecular weight is 474 g/mol. The van der Waals surface area contributed by atoms with Crippen molar-refractivity contribution in [2.45, 2.75) is 69.6 Å². The van der Waals surface area contributed by atoms with Crippen molar-refractivity contribution in [1.82, 2.24) is 9.78 Å². The molecule has 4 saturated carbocycles. The summed E-state index contributed by atoms with van der Waals surface area (Å²) in [6, 6.07) is 4.67. The Hall–Kier alpha value is -2.51. The van der Waals surface area contributed by atoms with Crippen molar-refractivity contribution >= 4 is 11.6 Å². The van der Waals surface area contributed by atoms with Crippen LogP contribution < -0.4 is 10.1 Å². The summed E-state index contributed by atoms with van der Waals surface area (Å²) in [5.74, 6) is 2.91. The second-order valence-electron chi connectivity index (χ2n) is 11.1. The van der Waals surface area contributed by atoms with Crippen LogP contribution in [0.3, 0.4) is 0 Å². The standard InChI is InChI=1S/C26H30F3N3O2/c1-34-19-4-2-18(3-5-19)21-9-23(26(27,28)29)32-24(31-21)20(14-30-32)22(33)13-25-10-15-6-16(11-25)8-17(7-15)12-25/h2-5,14-17,21,23,31H,6-13H2,1H3. The number of alkyl halides is 3. The van der Waals surface area contributed by atoms with Gasteiger partial charge in [-0.05, 0) is 79.4 Å². The Morgan fingerprint density at radius 2 is 1.71 bits per heavy atom. The van der Waals surface area contributed by atoms with Gasteiger partial charge in [0.1, 0.15) is 11.6 Å². The first-order valence-electron chi connectivity index (χ1n) is 12.3. The number of Topliss-reactive ketones (excluding diaryl/α,β-unsaturated/α-hetero) is 1. The minimum atomic E-state index is -4.46. The molecule has 4 aliphatic carbocycles. The van der Waals surface area contributed by atoms with Gasteiger partial charge < -0.3 is 10.1 Å². The quantitative estimate of drug-likeness (QED) is 0.515. The molecule has 182 valence electrons. The van der Waals surface area contributed by atoms with E-state index in [9.17, 15) is 18.0 Å². The molecule has 2 aromatic rings. The van der Waals surface area contributed by atoms with Gasteiger partial charge in [0.15, 0.2) is 11.8 Å². The van der Waals surface area contributed by atoms with E-state index in [1.807, 2.05) is 0 Å². The van der Waals surface area contributed by atoms with Crippen molar-refractivity contribution in [3.05, 3.63) is 41.6 Å². The van der Waals surface area contributed by atoms with Crippen molar-refractivity contribution in [2.24, 2.45) is 23.2 Å². The first-order chi connectivity index (χ1) is 16.2. The van der Waals surface area contributed by atoms with Crippen molar-refractivity contribution in [2.75, 3.05) is 12.4 Å². The highest BCUT2D eigenvalue weighted by Crippen LogP contribution is 2.61. The van der Waals surface area contributed by atoms with Crippen molar-refractivity contribution in [3.63, 3.8) is 0 Å². The molecular weight excluding hydrogens is 443 g/mol. The van der Waals surface area contributed by atoms with Crippen LogP contribution in [0, 0.1) is 23.2 Å². The molecule has 34 heavy (non-hydrogen) atoms. The van der Waals surface area contributed by atoms with Gasteiger partial charge >= 0.3 is 6.18 Å². The lowest BCUT2D eigenvalue weighted by Gasteiger charge is -2.56. The number of benzene rings is 1. The molecule has 0 saturated heterocycles. The molecule has 4 fully saturated rings. The highest BCUT2D eigenvalue weighted by molar-refractivity contribution is 6.01. The van der Waals surface area contributed by atoms with Crippen LogP contribution in [-0.4, -0.2) is 28.8 Å². The number of hydrogen-bond donors (Lipinski definition) is 1. The zero-order valence-electron chi connectivity index (χ0n) is 19.3. The number of carbonyl (C=O) groups is 1. The first kappa shape index (κ1) is 22.0. The maximum atomic E-state index is 14.0. The summed E-state index contributed by atoms with van der Waals surface area (Å²) < 4.78 is 48.3. The third-order valence-corrected chi connectivity index (χ3v) is 8.76. The van der Waals surface area contributed by atoms with Crippen LogP contribution in [0.15, 0.2) is 30.5 Å². The number of rotatable bonds is 5. The van der Waals surface area contributed by atoms with E-state index in [0.717, 1.165) is 29.5 Å². The lowest BCUT2D eigenvalue weighted by Crippen LogP contribution is -2.46. The number of aromatic nitrogens is 2. The monoisotopic (exact) mass is 473 g/mol. The van der Waals surface area contributed by atoms with E-state index in [1.54, 1.807) is 31.4 Å². The molecule has 1 aromatic heterocycles. The van der Waals surface area contributed by atoms with Gasteiger partial charge in [-0.1, -0.05) is 12.1 Å². The Labute approximate surface area is 197 Å². The van der Waals surface area contributed by atoms with E-state index in [1.165, 1.54) is 25.5 Å². The number of ketones is 1. The fourth-order valence-electron chi connectivity index (χ4n) is 7.76. The number of hydrogen-bond acceptors (Lipinski definition) is 4. The topological polar surface area (TPSA) is 56.2 Å². The summed E-state index contributed by atoms with van der Waals surface area (Å²) in [5, 5.41) is 7.30. The number of carbonyl (C=O) groups excluding carboxylic acids is 1. The average Bonchev–Trinajstić information content (AvgIpc) is 3.20. The van der Waals surface area contributed by atoms with Gasteiger partial charge in [-0.2, -0.15) is 18.3 Å². The molecule has 8 heteroatoms. The minimum Gasteiger partial charge on any atom is -0.497 e. The van der Waals surface area contributed by atoms with Gasteiger partial charge in [-0.25, -0.2) is 4.68 Å². The SMILES string of the molecule is COc1ccc(C2CC(C(F)(F)F)n3ncc(C(=O)CC45CC6CC(CC(C6)C4)C5)c3N2)cc1. The van der Waals surface area contributed by atoms with E-state index in [0.29, 0.717) is 35.5 Å². The molecule has 4 bridgehead atoms. The van der Waals surface area contributed by atoms with Crippen molar-refractivity contribution in [1.29, 1.82) is 0 Å². The number of halogens is 3. The Balaban J connectivity index is 1.30. The van der Waals surface area contributed by atoms with Crippen LogP contribution in [0.25, 0.3) is 0 Å². The fraction of sp³-hybridized carbons (Fsp3) is 0.615. The molecule has 0 radical (unpaired) electrons. The van der Waals surface area contributed by atoms with Gasteiger partial charge in [0.25, 0.3) is 0 Å². The van der Waals surface area contributed by atoms with Crippen molar-refractivity contribution < 1.29 is 22.7 Å². The Bertz CT molecular complexity index is 1060. The molecule has 1 aromatic carbocycles. The second-order valence-corrected chi connectivity index (χ2v) is 11.1. The van der Waals surface area contributed by atoms with Gasteiger partial charge in [0.2, 0.25) is 0 Å². The zero-order valence-corrected chi connectivity index (χ0v) is 19.3. The Kier molecular flexibility index (Phi) is 5.01. The van der Waals surface area contributed by atoms with Gasteiger partial charge in [0, 0.05) is 12.8 Å². The zero-order chi connectivity index (χ0) is 23.7. The third-order valence-electron chi connectivity index (χ3n) is 8.76. The number of nitrogens with one attached hydrogen (secondary N) is 1. The molecule has 5 nitrogen and oxygen atoms in total. The first-order valence-corrected chi connectivity index (χ1v) is 12.3. The molecule has 0 spiro atoms. The van der Waals surface area contributed by atoms with E-state index < -0.39 is 18.3 Å². The summed E-state index contributed by atoms with van der Waals surface area (Å²) >= 11 is 0. The largest absolute Gasteiger partial charge is 0.497 e. The lowest BCUT2D eigenvalue weighted by molar-refractivity contribution is -0.173. The smallest absolute Gasteiger partial charge is 0.410 e. The maximum absolute atomic E-state index is 14.0. The summed E-state index contributed by atoms with van der Waals surface area (Å²) in [6.45, 7) is 0. The number of fused-ring (bicyclic) bond motifs is 1. The van der Waals surface area contributed by atoms with Crippen LogP contribution in [0.4, 0.5) is 19.0 Å². The highest BCUT2D eigenvalue weighted by Gasteiger charge is 2.52. The molecule has 1 aliphatic heterocycles. The van der Waals surface area contributed by atoms with Crippen molar-refractivity contribution in [3.8, 4) is 5.75 Å². The van der Waals surface area contributed by atoms with Crippen LogP contribution in [0.2, 0.25) is 0 Å². The molecule has 0 amide bonds. The second kappa shape index (κ2) is 7.75. The molecule has 1 N–H and O–H groups in total. The number of ether oxygens (including phenoxy) is 1. The summed E-state index contributed by atoms with van der Waals surface area (Å²) in [5.41, 5.74) is 1.04. The van der Waals surface area contributed by atoms with Crippen LogP contribution >= 0.6 is 0 Å². The molecule has 2 unspecified atom stereocenters. The van der Waals surface area contributed by atoms with Gasteiger partial charge in [0.05, 0.1) is 24.9 Å². The molecule has 2 heterocycles. The fourth-order valence-corrected chi connectivity index (χ4v) is 7.76. The molecule has 2 atom stereocenters. The van der Waals surface area contributed by atoms with E-state index in [2.05, 4.69) is 10.4 Å². The summed E-state index contributed by atoms with van der Waals surface area (Å²) in [7, 11) is 1.55. The predicted octanol–water partition coefficient (Wildman–Crippen LogP) is 6.34. The third kappa shape index (κ3) is 3.69. The summed E-state index contributed by atoms with van der Waals surface area (Å²) in [6.07, 6.45) is 4.23. The lowest BCUT2D eigenvalue weighted by atomic mass is 9.48. The maximum Gasteiger partial charge on any atom is 0.410 e. The number of nitrogens with zero attached hydrogens (tertiary/aromatic N) is 2. The molecule has 5 aliphatic rings. The van der Waals surface area contributed by atoms with E-state index >= 15 is 0 Å². The Morgan fingerprint density at radius 3 is 2.26 bits per heavy atom. The number of methoxy groups -OCH3 is 1. The minimum absolute atomic E-state index is 0.0220. The summed E-state index contributed by atoms with van der Waals surface area (Å²) in [4.78, 5) is 13.6. The van der Waals surface area contributed by atoms with Gasteiger partial charge in [-0.15, -0.1) is 0 Å². The van der Waals surface area contributed by atoms with Gasteiger partial charge in [-0.3, -0.25) is 4.79 Å². The van der Waals surface area contributed by atoms with Crippen LogP contribution in [0.1, 0.15) is 79.4 Å². The van der Waals surface area contributed by atoms with E-state index in [4.69, 9.17) is 4.74 Å².